The molecule has 0 bridgehead atoms. The minimum atomic E-state index is -0.229. The molecule has 2 saturated heterocycles. The smallest absolute Gasteiger partial charge is 0.273 e. The number of benzene rings is 1. The number of hydrogen-bond donors (Lipinski definition) is 0. The van der Waals surface area contributed by atoms with Gasteiger partial charge in [0.25, 0.3) is 5.91 Å². The number of piperidine rings is 1. The van der Waals surface area contributed by atoms with Crippen LogP contribution in [0.25, 0.3) is 0 Å². The maximum atomic E-state index is 13.1. The number of hydrogen-bond acceptors (Lipinski definition) is 5. The quantitative estimate of drug-likeness (QED) is 0.689. The fourth-order valence-corrected chi connectivity index (χ4v) is 5.17. The van der Waals surface area contributed by atoms with Crippen LogP contribution in [-0.2, 0) is 16.7 Å². The van der Waals surface area contributed by atoms with Crippen molar-refractivity contribution in [1.29, 1.82) is 0 Å². The maximum absolute atomic E-state index is 13.1. The summed E-state index contributed by atoms with van der Waals surface area (Å²) in [5, 5.41) is 3.68. The van der Waals surface area contributed by atoms with Gasteiger partial charge in [0.2, 0.25) is 0 Å². The molecule has 2 aromatic rings. The number of rotatable bonds is 3. The Labute approximate surface area is 188 Å². The van der Waals surface area contributed by atoms with Gasteiger partial charge in [0.1, 0.15) is 5.69 Å². The van der Waals surface area contributed by atoms with Gasteiger partial charge in [-0.3, -0.25) is 9.69 Å². The molecule has 0 atom stereocenters. The van der Waals surface area contributed by atoms with E-state index in [9.17, 15) is 4.79 Å². The van der Waals surface area contributed by atoms with E-state index in [-0.39, 0.29) is 16.9 Å². The van der Waals surface area contributed by atoms with Crippen molar-refractivity contribution in [2.75, 3.05) is 32.8 Å². The van der Waals surface area contributed by atoms with Crippen LogP contribution in [-0.4, -0.2) is 59.1 Å². The summed E-state index contributed by atoms with van der Waals surface area (Å²) in [5.41, 5.74) is 1.58. The lowest BCUT2D eigenvalue weighted by Crippen LogP contribution is -2.58. The molecule has 2 aliphatic rings. The number of carbonyl (C=O) groups is 1. The molecule has 2 aliphatic heterocycles. The standard InChI is InChI=1S/C23H30ClN3O2S/c1-22(2,3)21-25-19(15-30-21)20(28)27-12-13-29-23(16-27)8-10-26(11-9-23)14-17-4-6-18(24)7-5-17/h4-7,15H,8-14,16H2,1-3H3. The Morgan fingerprint density at radius 3 is 2.53 bits per heavy atom. The highest BCUT2D eigenvalue weighted by Crippen LogP contribution is 2.32. The molecule has 7 heteroatoms. The van der Waals surface area contributed by atoms with E-state index < -0.39 is 0 Å². The minimum Gasteiger partial charge on any atom is -0.371 e. The third-order valence-electron chi connectivity index (χ3n) is 5.99. The number of aromatic nitrogens is 1. The number of halogens is 1. The molecular formula is C23H30ClN3O2S. The third-order valence-corrected chi connectivity index (χ3v) is 7.51. The molecule has 1 aromatic carbocycles. The Morgan fingerprint density at radius 1 is 1.20 bits per heavy atom. The fraction of sp³-hybridized carbons (Fsp3) is 0.565. The van der Waals surface area contributed by atoms with Gasteiger partial charge in [0.15, 0.2) is 0 Å². The van der Waals surface area contributed by atoms with E-state index in [0.717, 1.165) is 42.5 Å². The van der Waals surface area contributed by atoms with E-state index in [2.05, 4.69) is 42.8 Å². The van der Waals surface area contributed by atoms with Gasteiger partial charge in [0, 0.05) is 42.0 Å². The van der Waals surface area contributed by atoms with E-state index in [1.165, 1.54) is 5.56 Å². The molecule has 0 unspecified atom stereocenters. The Kier molecular flexibility index (Phi) is 6.22. The van der Waals surface area contributed by atoms with Crippen molar-refractivity contribution < 1.29 is 9.53 Å². The summed E-state index contributed by atoms with van der Waals surface area (Å²) in [4.78, 5) is 22.1. The molecule has 3 heterocycles. The van der Waals surface area contributed by atoms with E-state index in [1.807, 2.05) is 22.4 Å². The average molecular weight is 448 g/mol. The van der Waals surface area contributed by atoms with Crippen molar-refractivity contribution >= 4 is 28.8 Å². The summed E-state index contributed by atoms with van der Waals surface area (Å²) in [6.07, 6.45) is 1.88. The molecule has 30 heavy (non-hydrogen) atoms. The molecular weight excluding hydrogens is 418 g/mol. The van der Waals surface area contributed by atoms with Gasteiger partial charge in [-0.1, -0.05) is 44.5 Å². The largest absolute Gasteiger partial charge is 0.371 e. The predicted molar refractivity (Wildman–Crippen MR) is 121 cm³/mol. The van der Waals surface area contributed by atoms with E-state index in [1.54, 1.807) is 11.3 Å². The molecule has 0 saturated carbocycles. The Hall–Kier alpha value is -1.47. The van der Waals surface area contributed by atoms with Crippen LogP contribution >= 0.6 is 22.9 Å². The van der Waals surface area contributed by atoms with Crippen molar-refractivity contribution in [1.82, 2.24) is 14.8 Å². The van der Waals surface area contributed by atoms with Crippen LogP contribution in [0.1, 0.15) is 54.7 Å². The Balaban J connectivity index is 1.36. The zero-order valence-corrected chi connectivity index (χ0v) is 19.6. The molecule has 4 rings (SSSR count). The van der Waals surface area contributed by atoms with Gasteiger partial charge < -0.3 is 9.64 Å². The number of ether oxygens (including phenoxy) is 1. The number of amides is 1. The van der Waals surface area contributed by atoms with Crippen LogP contribution in [0.2, 0.25) is 5.02 Å². The van der Waals surface area contributed by atoms with Crippen molar-refractivity contribution in [3.8, 4) is 0 Å². The topological polar surface area (TPSA) is 45.7 Å². The first kappa shape index (κ1) is 21.8. The molecule has 0 radical (unpaired) electrons. The van der Waals surface area contributed by atoms with Crippen molar-refractivity contribution in [3.63, 3.8) is 0 Å². The first-order valence-corrected chi connectivity index (χ1v) is 11.9. The normalized spacial score (nSPS) is 19.9. The Bertz CT molecular complexity index is 883. The predicted octanol–water partition coefficient (Wildman–Crippen LogP) is 4.60. The number of thiazole rings is 1. The summed E-state index contributed by atoms with van der Waals surface area (Å²) in [6.45, 7) is 11.1. The van der Waals surface area contributed by atoms with Crippen molar-refractivity contribution in [3.05, 3.63) is 50.9 Å². The summed E-state index contributed by atoms with van der Waals surface area (Å²) in [7, 11) is 0. The van der Waals surface area contributed by atoms with Crippen LogP contribution in [0.4, 0.5) is 0 Å². The molecule has 2 fully saturated rings. The number of carbonyl (C=O) groups excluding carboxylic acids is 1. The van der Waals surface area contributed by atoms with Crippen molar-refractivity contribution in [2.45, 2.75) is 51.2 Å². The summed E-state index contributed by atoms with van der Waals surface area (Å²) >= 11 is 7.57. The third kappa shape index (κ3) is 4.88. The lowest BCUT2D eigenvalue weighted by molar-refractivity contribution is -0.128. The molecule has 0 N–H and O–H groups in total. The van der Waals surface area contributed by atoms with E-state index in [0.29, 0.717) is 25.4 Å². The monoisotopic (exact) mass is 447 g/mol. The van der Waals surface area contributed by atoms with Crippen LogP contribution in [0.15, 0.2) is 29.6 Å². The highest BCUT2D eigenvalue weighted by Gasteiger charge is 2.41. The molecule has 1 amide bonds. The van der Waals surface area contributed by atoms with Gasteiger partial charge >= 0.3 is 0 Å². The lowest BCUT2D eigenvalue weighted by Gasteiger charge is -2.47. The summed E-state index contributed by atoms with van der Waals surface area (Å²) in [6, 6.07) is 8.06. The molecule has 5 nitrogen and oxygen atoms in total. The van der Waals surface area contributed by atoms with E-state index >= 15 is 0 Å². The summed E-state index contributed by atoms with van der Waals surface area (Å²) < 4.78 is 6.24. The highest BCUT2D eigenvalue weighted by atomic mass is 35.5. The van der Waals surface area contributed by atoms with Crippen LogP contribution in [0, 0.1) is 0 Å². The second-order valence-corrected chi connectivity index (χ2v) is 10.7. The van der Waals surface area contributed by atoms with Gasteiger partial charge in [-0.2, -0.15) is 0 Å². The molecule has 162 valence electrons. The van der Waals surface area contributed by atoms with Gasteiger partial charge in [-0.15, -0.1) is 11.3 Å². The second-order valence-electron chi connectivity index (χ2n) is 9.45. The summed E-state index contributed by atoms with van der Waals surface area (Å²) in [5.74, 6) is 0.0352. The lowest BCUT2D eigenvalue weighted by atomic mass is 9.89. The Morgan fingerprint density at radius 2 is 1.90 bits per heavy atom. The van der Waals surface area contributed by atoms with Crippen LogP contribution in [0.5, 0.6) is 0 Å². The van der Waals surface area contributed by atoms with Gasteiger partial charge in [-0.05, 0) is 30.5 Å². The van der Waals surface area contributed by atoms with E-state index in [4.69, 9.17) is 16.3 Å². The number of nitrogens with zero attached hydrogens (tertiary/aromatic N) is 3. The highest BCUT2D eigenvalue weighted by molar-refractivity contribution is 7.10. The average Bonchev–Trinajstić information content (AvgIpc) is 3.22. The van der Waals surface area contributed by atoms with Gasteiger partial charge in [0.05, 0.1) is 23.8 Å². The zero-order chi connectivity index (χ0) is 21.4. The SMILES string of the molecule is CC(C)(C)c1nc(C(=O)N2CCOC3(CCN(Cc4ccc(Cl)cc4)CC3)C2)cs1. The van der Waals surface area contributed by atoms with Crippen LogP contribution < -0.4 is 0 Å². The fourth-order valence-electron chi connectivity index (χ4n) is 4.17. The number of likely N-dealkylation sites (tertiary alicyclic amines) is 1. The molecule has 1 spiro atoms. The maximum Gasteiger partial charge on any atom is 0.273 e. The van der Waals surface area contributed by atoms with Crippen LogP contribution in [0.3, 0.4) is 0 Å². The second kappa shape index (κ2) is 8.58. The molecule has 1 aromatic heterocycles. The first-order chi connectivity index (χ1) is 14.2. The minimum absolute atomic E-state index is 0.0352. The van der Waals surface area contributed by atoms with Gasteiger partial charge in [-0.25, -0.2) is 4.98 Å². The number of morpholine rings is 1. The molecule has 0 aliphatic carbocycles. The first-order valence-electron chi connectivity index (χ1n) is 10.6. The van der Waals surface area contributed by atoms with Crippen molar-refractivity contribution in [2.24, 2.45) is 0 Å². The zero-order valence-electron chi connectivity index (χ0n) is 18.0.